The molecule has 0 radical (unpaired) electrons. The first kappa shape index (κ1) is 15.4. The molecule has 0 aliphatic heterocycles. The number of rotatable bonds is 3. The molecule has 0 spiro atoms. The molecule has 2 N–H and O–H groups in total. The van der Waals surface area contributed by atoms with Crippen molar-refractivity contribution in [1.29, 1.82) is 0 Å². The van der Waals surface area contributed by atoms with Gasteiger partial charge >= 0.3 is 0 Å². The SMILES string of the molecule is C[C@@H](CO)n1cnc2c(-c3ccc(=O)[nH]c3)nc(Cl)cc2c1=O. The third kappa shape index (κ3) is 2.76. The summed E-state index contributed by atoms with van der Waals surface area (Å²) in [5, 5.41) is 9.68. The van der Waals surface area contributed by atoms with E-state index in [-0.39, 0.29) is 22.9 Å². The van der Waals surface area contributed by atoms with Crippen molar-refractivity contribution in [3.63, 3.8) is 0 Å². The Hall–Kier alpha value is -2.51. The van der Waals surface area contributed by atoms with Gasteiger partial charge < -0.3 is 10.1 Å². The first-order chi connectivity index (χ1) is 11.0. The van der Waals surface area contributed by atoms with Gasteiger partial charge in [-0.3, -0.25) is 14.2 Å². The Morgan fingerprint density at radius 2 is 2.17 bits per heavy atom. The Morgan fingerprint density at radius 1 is 1.39 bits per heavy atom. The summed E-state index contributed by atoms with van der Waals surface area (Å²) in [5.41, 5.74) is 0.827. The normalized spacial score (nSPS) is 12.5. The van der Waals surface area contributed by atoms with E-state index in [1.807, 2.05) is 0 Å². The molecular formula is C15H13ClN4O3. The topological polar surface area (TPSA) is 101 Å². The van der Waals surface area contributed by atoms with Gasteiger partial charge in [-0.1, -0.05) is 11.6 Å². The highest BCUT2D eigenvalue weighted by molar-refractivity contribution is 6.30. The Balaban J connectivity index is 2.32. The van der Waals surface area contributed by atoms with Crippen LogP contribution in [-0.4, -0.2) is 31.2 Å². The van der Waals surface area contributed by atoms with Crippen LogP contribution < -0.4 is 11.1 Å². The molecule has 3 heterocycles. The van der Waals surface area contributed by atoms with E-state index in [4.69, 9.17) is 11.6 Å². The zero-order valence-electron chi connectivity index (χ0n) is 12.2. The molecule has 0 unspecified atom stereocenters. The molecule has 3 aromatic rings. The van der Waals surface area contributed by atoms with Crippen molar-refractivity contribution in [2.75, 3.05) is 6.61 Å². The number of hydrogen-bond donors (Lipinski definition) is 2. The second-order valence-corrected chi connectivity index (χ2v) is 5.51. The van der Waals surface area contributed by atoms with Crippen LogP contribution in [0.4, 0.5) is 0 Å². The third-order valence-corrected chi connectivity index (χ3v) is 3.73. The number of halogens is 1. The maximum absolute atomic E-state index is 12.6. The molecule has 7 nitrogen and oxygen atoms in total. The number of fused-ring (bicyclic) bond motifs is 1. The van der Waals surface area contributed by atoms with E-state index in [2.05, 4.69) is 15.0 Å². The van der Waals surface area contributed by atoms with Crippen LogP contribution in [0.3, 0.4) is 0 Å². The standard InChI is InChI=1S/C15H13ClN4O3/c1-8(6-21)20-7-18-14-10(15(20)23)4-11(16)19-13(14)9-2-3-12(22)17-5-9/h2-5,7-8,21H,6H2,1H3,(H,17,22)/t8-/m0/s1. The fourth-order valence-electron chi connectivity index (χ4n) is 2.27. The average molecular weight is 333 g/mol. The van der Waals surface area contributed by atoms with Crippen molar-refractivity contribution in [1.82, 2.24) is 19.5 Å². The summed E-state index contributed by atoms with van der Waals surface area (Å²) >= 11 is 6.03. The van der Waals surface area contributed by atoms with E-state index in [0.717, 1.165) is 0 Å². The number of aliphatic hydroxyl groups excluding tert-OH is 1. The summed E-state index contributed by atoms with van der Waals surface area (Å²) in [6.07, 6.45) is 2.86. The van der Waals surface area contributed by atoms with Crippen LogP contribution in [0.15, 0.2) is 40.3 Å². The van der Waals surface area contributed by atoms with Gasteiger partial charge in [0.2, 0.25) is 5.56 Å². The molecule has 0 aliphatic carbocycles. The highest BCUT2D eigenvalue weighted by atomic mass is 35.5. The van der Waals surface area contributed by atoms with Gasteiger partial charge in [-0.05, 0) is 19.1 Å². The molecule has 0 saturated heterocycles. The lowest BCUT2D eigenvalue weighted by Gasteiger charge is -2.13. The van der Waals surface area contributed by atoms with Crippen molar-refractivity contribution < 1.29 is 5.11 Å². The zero-order chi connectivity index (χ0) is 16.6. The molecule has 0 saturated carbocycles. The van der Waals surface area contributed by atoms with Crippen LogP contribution in [0, 0.1) is 0 Å². The zero-order valence-corrected chi connectivity index (χ0v) is 12.9. The Bertz CT molecular complexity index is 976. The fourth-order valence-corrected chi connectivity index (χ4v) is 2.47. The second-order valence-electron chi connectivity index (χ2n) is 5.12. The highest BCUT2D eigenvalue weighted by Gasteiger charge is 2.15. The number of aromatic nitrogens is 4. The van der Waals surface area contributed by atoms with Crippen molar-refractivity contribution in [2.24, 2.45) is 0 Å². The van der Waals surface area contributed by atoms with Gasteiger partial charge in [0.15, 0.2) is 0 Å². The first-order valence-electron chi connectivity index (χ1n) is 6.88. The molecule has 0 aromatic carbocycles. The monoisotopic (exact) mass is 332 g/mol. The van der Waals surface area contributed by atoms with Gasteiger partial charge in [0.1, 0.15) is 10.7 Å². The summed E-state index contributed by atoms with van der Waals surface area (Å²) < 4.78 is 1.34. The molecule has 8 heteroatoms. The van der Waals surface area contributed by atoms with E-state index in [0.29, 0.717) is 22.2 Å². The van der Waals surface area contributed by atoms with Crippen LogP contribution >= 0.6 is 11.6 Å². The minimum absolute atomic E-state index is 0.145. The number of hydrogen-bond acceptors (Lipinski definition) is 5. The summed E-state index contributed by atoms with van der Waals surface area (Å²) in [7, 11) is 0. The molecule has 3 rings (SSSR count). The Labute approximate surface area is 135 Å². The van der Waals surface area contributed by atoms with Gasteiger partial charge in [0.05, 0.1) is 30.1 Å². The summed E-state index contributed by atoms with van der Waals surface area (Å²) in [5.74, 6) is 0. The molecule has 0 bridgehead atoms. The number of pyridine rings is 2. The van der Waals surface area contributed by atoms with Crippen LogP contribution in [0.25, 0.3) is 22.2 Å². The van der Waals surface area contributed by atoms with Crippen LogP contribution in [-0.2, 0) is 0 Å². The number of H-pyrrole nitrogens is 1. The molecule has 118 valence electrons. The van der Waals surface area contributed by atoms with E-state index in [1.54, 1.807) is 13.0 Å². The van der Waals surface area contributed by atoms with E-state index in [9.17, 15) is 14.7 Å². The number of nitrogens with zero attached hydrogens (tertiary/aromatic N) is 3. The largest absolute Gasteiger partial charge is 0.394 e. The van der Waals surface area contributed by atoms with Crippen molar-refractivity contribution in [2.45, 2.75) is 13.0 Å². The van der Waals surface area contributed by atoms with Crippen LogP contribution in [0.1, 0.15) is 13.0 Å². The number of nitrogens with one attached hydrogen (secondary N) is 1. The molecule has 0 amide bonds. The van der Waals surface area contributed by atoms with Crippen LogP contribution in [0.2, 0.25) is 5.15 Å². The molecule has 23 heavy (non-hydrogen) atoms. The number of aromatic amines is 1. The van der Waals surface area contributed by atoms with Gasteiger partial charge in [0, 0.05) is 17.8 Å². The van der Waals surface area contributed by atoms with Crippen LogP contribution in [0.5, 0.6) is 0 Å². The lowest BCUT2D eigenvalue weighted by atomic mass is 10.1. The lowest BCUT2D eigenvalue weighted by Crippen LogP contribution is -2.25. The minimum atomic E-state index is -0.400. The van der Waals surface area contributed by atoms with Crippen molar-refractivity contribution in [3.05, 3.63) is 56.6 Å². The molecule has 1 atom stereocenters. The van der Waals surface area contributed by atoms with Crippen molar-refractivity contribution in [3.8, 4) is 11.3 Å². The van der Waals surface area contributed by atoms with Gasteiger partial charge in [0.25, 0.3) is 5.56 Å². The smallest absolute Gasteiger partial charge is 0.261 e. The van der Waals surface area contributed by atoms with Gasteiger partial charge in [-0.25, -0.2) is 9.97 Å². The molecule has 3 aromatic heterocycles. The van der Waals surface area contributed by atoms with E-state index in [1.165, 1.54) is 29.2 Å². The third-order valence-electron chi connectivity index (χ3n) is 3.53. The van der Waals surface area contributed by atoms with E-state index >= 15 is 0 Å². The van der Waals surface area contributed by atoms with E-state index < -0.39 is 6.04 Å². The Morgan fingerprint density at radius 3 is 2.83 bits per heavy atom. The summed E-state index contributed by atoms with van der Waals surface area (Å²) in [6.45, 7) is 1.53. The number of aliphatic hydroxyl groups is 1. The highest BCUT2D eigenvalue weighted by Crippen LogP contribution is 2.25. The first-order valence-corrected chi connectivity index (χ1v) is 7.26. The second kappa shape index (κ2) is 5.94. The lowest BCUT2D eigenvalue weighted by molar-refractivity contribution is 0.236. The fraction of sp³-hybridized carbons (Fsp3) is 0.200. The quantitative estimate of drug-likeness (QED) is 0.705. The summed E-state index contributed by atoms with van der Waals surface area (Å²) in [6, 6.07) is 3.99. The van der Waals surface area contributed by atoms with Gasteiger partial charge in [-0.2, -0.15) is 0 Å². The minimum Gasteiger partial charge on any atom is -0.394 e. The Kier molecular flexibility index (Phi) is 3.97. The van der Waals surface area contributed by atoms with Crippen molar-refractivity contribution >= 4 is 22.5 Å². The average Bonchev–Trinajstić information content (AvgIpc) is 2.55. The predicted octanol–water partition coefficient (Wildman–Crippen LogP) is 1.35. The molecule has 0 fully saturated rings. The van der Waals surface area contributed by atoms with Gasteiger partial charge in [-0.15, -0.1) is 0 Å². The molecule has 0 aliphatic rings. The molecular weight excluding hydrogens is 320 g/mol. The predicted molar refractivity (Wildman–Crippen MR) is 86.7 cm³/mol. The maximum Gasteiger partial charge on any atom is 0.261 e. The summed E-state index contributed by atoms with van der Waals surface area (Å²) in [4.78, 5) is 34.8. The maximum atomic E-state index is 12.6.